The number of nitrogens with zero attached hydrogens (tertiary/aromatic N) is 5. The van der Waals surface area contributed by atoms with E-state index >= 15 is 0 Å². The van der Waals surface area contributed by atoms with Gasteiger partial charge in [-0.05, 0) is 43.5 Å². The quantitative estimate of drug-likeness (QED) is 0.370. The Labute approximate surface area is 188 Å². The van der Waals surface area contributed by atoms with E-state index < -0.39 is 12.0 Å². The van der Waals surface area contributed by atoms with Gasteiger partial charge >= 0.3 is 0 Å². The smallest absolute Gasteiger partial charge is 0.266 e. The van der Waals surface area contributed by atoms with Crippen molar-refractivity contribution in [1.29, 1.82) is 0 Å². The largest absolute Gasteiger partial charge is 0.464 e. The van der Waals surface area contributed by atoms with Crippen LogP contribution in [0.2, 0.25) is 5.02 Å². The Bertz CT molecular complexity index is 1230. The maximum atomic E-state index is 12.9. The average Bonchev–Trinajstić information content (AvgIpc) is 3.27. The minimum Gasteiger partial charge on any atom is -0.464 e. The van der Waals surface area contributed by atoms with Crippen LogP contribution < -0.4 is 10.1 Å². The number of aromatic nitrogens is 6. The van der Waals surface area contributed by atoms with Crippen LogP contribution >= 0.6 is 11.6 Å². The van der Waals surface area contributed by atoms with E-state index in [4.69, 9.17) is 16.3 Å². The number of hydrogen-bond donors (Lipinski definition) is 3. The number of aliphatic hydroxyl groups excluding tert-OH is 1. The zero-order valence-corrected chi connectivity index (χ0v) is 17.9. The Hall–Kier alpha value is -3.63. The van der Waals surface area contributed by atoms with E-state index in [0.29, 0.717) is 34.0 Å². The van der Waals surface area contributed by atoms with Crippen LogP contribution in [0.1, 0.15) is 18.4 Å². The summed E-state index contributed by atoms with van der Waals surface area (Å²) < 4.78 is 6.02. The van der Waals surface area contributed by atoms with Crippen LogP contribution in [0.25, 0.3) is 22.6 Å². The molecule has 0 aliphatic rings. The molecule has 0 fully saturated rings. The number of carbonyl (C=O) groups excluding carboxylic acids is 1. The molecule has 4 heterocycles. The molecule has 0 aliphatic carbocycles. The molecule has 1 atom stereocenters. The number of fused-ring (bicyclic) bond motifs is 1. The second-order valence-corrected chi connectivity index (χ2v) is 7.41. The summed E-state index contributed by atoms with van der Waals surface area (Å²) in [7, 11) is 0. The molecule has 0 unspecified atom stereocenters. The Morgan fingerprint density at radius 1 is 1.25 bits per heavy atom. The summed E-state index contributed by atoms with van der Waals surface area (Å²) in [5.41, 5.74) is 1.75. The van der Waals surface area contributed by atoms with E-state index in [0.717, 1.165) is 5.56 Å². The predicted molar refractivity (Wildman–Crippen MR) is 118 cm³/mol. The van der Waals surface area contributed by atoms with Gasteiger partial charge in [-0.1, -0.05) is 17.7 Å². The minimum absolute atomic E-state index is 0.0877. The molecule has 11 heteroatoms. The molecule has 3 N–H and O–H groups in total. The van der Waals surface area contributed by atoms with Crippen molar-refractivity contribution in [3.8, 4) is 17.4 Å². The van der Waals surface area contributed by atoms with Crippen LogP contribution in [0.5, 0.6) is 5.88 Å². The first-order chi connectivity index (χ1) is 15.5. The fraction of sp³-hybridized carbons (Fsp3) is 0.238. The van der Waals surface area contributed by atoms with Crippen molar-refractivity contribution >= 4 is 34.4 Å². The molecule has 4 aromatic heterocycles. The molecule has 0 radical (unpaired) electrons. The van der Waals surface area contributed by atoms with Crippen molar-refractivity contribution in [2.75, 3.05) is 11.9 Å². The lowest BCUT2D eigenvalue weighted by atomic mass is 10.2. The molecule has 0 spiro atoms. The number of halogens is 1. The van der Waals surface area contributed by atoms with E-state index in [1.807, 2.05) is 13.0 Å². The van der Waals surface area contributed by atoms with Gasteiger partial charge in [0.1, 0.15) is 16.9 Å². The molecule has 4 rings (SSSR count). The number of aliphatic hydroxyl groups is 1. The fourth-order valence-electron chi connectivity index (χ4n) is 2.96. The van der Waals surface area contributed by atoms with Crippen LogP contribution in [-0.4, -0.2) is 53.9 Å². The molecule has 32 heavy (non-hydrogen) atoms. The molecule has 4 aromatic rings. The summed E-state index contributed by atoms with van der Waals surface area (Å²) in [6.07, 6.45) is 4.42. The van der Waals surface area contributed by atoms with Crippen LogP contribution in [0, 0.1) is 6.92 Å². The lowest BCUT2D eigenvalue weighted by Crippen LogP contribution is -2.34. The monoisotopic (exact) mass is 453 g/mol. The van der Waals surface area contributed by atoms with Gasteiger partial charge in [-0.2, -0.15) is 10.1 Å². The first kappa shape index (κ1) is 21.6. The Morgan fingerprint density at radius 2 is 2.12 bits per heavy atom. The number of amides is 1. The molecule has 0 aliphatic heterocycles. The summed E-state index contributed by atoms with van der Waals surface area (Å²) in [6.45, 7) is 1.82. The number of H-pyrrole nitrogens is 1. The summed E-state index contributed by atoms with van der Waals surface area (Å²) in [6, 6.07) is 6.92. The van der Waals surface area contributed by atoms with Gasteiger partial charge in [0.2, 0.25) is 5.88 Å². The highest BCUT2D eigenvalue weighted by atomic mass is 35.5. The molecule has 1 amide bonds. The van der Waals surface area contributed by atoms with Crippen LogP contribution in [-0.2, 0) is 4.79 Å². The third-order valence-electron chi connectivity index (χ3n) is 4.58. The Balaban J connectivity index is 1.66. The van der Waals surface area contributed by atoms with Crippen molar-refractivity contribution in [2.24, 2.45) is 0 Å². The first-order valence-electron chi connectivity index (χ1n) is 9.88. The molecule has 164 valence electrons. The van der Waals surface area contributed by atoms with E-state index in [2.05, 4.69) is 35.5 Å². The van der Waals surface area contributed by atoms with Crippen LogP contribution in [0.15, 0.2) is 42.9 Å². The molecule has 0 saturated heterocycles. The van der Waals surface area contributed by atoms with Gasteiger partial charge in [-0.3, -0.25) is 14.9 Å². The van der Waals surface area contributed by atoms with Crippen molar-refractivity contribution in [2.45, 2.75) is 25.9 Å². The molecular weight excluding hydrogens is 434 g/mol. The van der Waals surface area contributed by atoms with Gasteiger partial charge in [-0.25, -0.2) is 9.97 Å². The number of ether oxygens (including phenoxy) is 1. The number of anilines is 1. The number of carbonyl (C=O) groups is 1. The number of rotatable bonds is 8. The first-order valence-corrected chi connectivity index (χ1v) is 10.3. The normalized spacial score (nSPS) is 12.0. The van der Waals surface area contributed by atoms with Crippen LogP contribution in [0.3, 0.4) is 0 Å². The SMILES string of the molecule is Cc1ccc(NC(=O)[C@@H](CCCO)Oc2nc(-c3ncccc3Cl)nc3[nH]ncc23)nc1. The molecule has 10 nitrogen and oxygen atoms in total. The lowest BCUT2D eigenvalue weighted by molar-refractivity contribution is -0.123. The van der Waals surface area contributed by atoms with Crippen molar-refractivity contribution in [3.05, 3.63) is 53.4 Å². The molecule has 0 saturated carbocycles. The summed E-state index contributed by atoms with van der Waals surface area (Å²) >= 11 is 6.25. The minimum atomic E-state index is -0.940. The maximum Gasteiger partial charge on any atom is 0.266 e. The van der Waals surface area contributed by atoms with Gasteiger partial charge in [0.05, 0.1) is 11.2 Å². The van der Waals surface area contributed by atoms with E-state index in [1.165, 1.54) is 6.20 Å². The zero-order chi connectivity index (χ0) is 22.5. The third-order valence-corrected chi connectivity index (χ3v) is 4.88. The van der Waals surface area contributed by atoms with Crippen molar-refractivity contribution in [3.63, 3.8) is 0 Å². The van der Waals surface area contributed by atoms with Crippen molar-refractivity contribution < 1.29 is 14.6 Å². The highest BCUT2D eigenvalue weighted by Crippen LogP contribution is 2.29. The van der Waals surface area contributed by atoms with Gasteiger partial charge in [-0.15, -0.1) is 0 Å². The molecule has 0 aromatic carbocycles. The van der Waals surface area contributed by atoms with Gasteiger partial charge in [0, 0.05) is 19.0 Å². The van der Waals surface area contributed by atoms with E-state index in [9.17, 15) is 9.90 Å². The van der Waals surface area contributed by atoms with Crippen LogP contribution in [0.4, 0.5) is 5.82 Å². The summed E-state index contributed by atoms with van der Waals surface area (Å²) in [5, 5.41) is 19.7. The third kappa shape index (κ3) is 4.82. The van der Waals surface area contributed by atoms with Gasteiger partial charge in [0.15, 0.2) is 17.6 Å². The second-order valence-electron chi connectivity index (χ2n) is 7.00. The average molecular weight is 454 g/mol. The standard InChI is InChI=1S/C21H20ClN7O3/c1-12-6-7-16(24-10-12)26-20(31)15(5-3-9-30)32-21-13-11-25-29-18(13)27-19(28-21)17-14(22)4-2-8-23-17/h2,4,6-8,10-11,15,30H,3,5,9H2,1H3,(H,24,26,31)(H,25,27,28,29)/t15-/m1/s1. The highest BCUT2D eigenvalue weighted by molar-refractivity contribution is 6.32. The second kappa shape index (κ2) is 9.67. The van der Waals surface area contributed by atoms with Gasteiger partial charge in [0.25, 0.3) is 5.91 Å². The topological polar surface area (TPSA) is 139 Å². The highest BCUT2D eigenvalue weighted by Gasteiger charge is 2.24. The van der Waals surface area contributed by atoms with Crippen molar-refractivity contribution in [1.82, 2.24) is 30.1 Å². The molecule has 0 bridgehead atoms. The number of aryl methyl sites for hydroxylation is 1. The van der Waals surface area contributed by atoms with E-state index in [1.54, 1.807) is 30.6 Å². The zero-order valence-electron chi connectivity index (χ0n) is 17.1. The predicted octanol–water partition coefficient (Wildman–Crippen LogP) is 2.93. The number of aromatic amines is 1. The van der Waals surface area contributed by atoms with Gasteiger partial charge < -0.3 is 15.2 Å². The fourth-order valence-corrected chi connectivity index (χ4v) is 3.16. The number of pyridine rings is 2. The number of hydrogen-bond acceptors (Lipinski definition) is 8. The molecular formula is C21H20ClN7O3. The van der Waals surface area contributed by atoms with E-state index in [-0.39, 0.29) is 24.7 Å². The maximum absolute atomic E-state index is 12.9. The lowest BCUT2D eigenvalue weighted by Gasteiger charge is -2.18. The summed E-state index contributed by atoms with van der Waals surface area (Å²) in [5.74, 6) is 0.358. The summed E-state index contributed by atoms with van der Waals surface area (Å²) in [4.78, 5) is 30.2. The Kier molecular flexibility index (Phi) is 6.52. The number of nitrogens with one attached hydrogen (secondary N) is 2. The Morgan fingerprint density at radius 3 is 2.88 bits per heavy atom.